The van der Waals surface area contributed by atoms with Gasteiger partial charge in [0.05, 0.1) is 18.4 Å². The molecule has 31 heavy (non-hydrogen) atoms. The third-order valence-corrected chi connectivity index (χ3v) is 7.07. The van der Waals surface area contributed by atoms with Gasteiger partial charge in [0.15, 0.2) is 5.16 Å². The maximum Gasteiger partial charge on any atom is 0.341 e. The molecule has 3 aromatic rings. The lowest BCUT2D eigenvalue weighted by Gasteiger charge is -2.09. The van der Waals surface area contributed by atoms with Crippen molar-refractivity contribution in [2.24, 2.45) is 7.05 Å². The SMILES string of the molecule is CCc1c(C)sc(NC(=O)CSc2nnc(Cc3cccn3C)n2CC)c1C(=O)OC. The number of rotatable bonds is 9. The number of hydrogen-bond donors (Lipinski definition) is 1. The molecule has 3 rings (SSSR count). The predicted molar refractivity (Wildman–Crippen MR) is 123 cm³/mol. The summed E-state index contributed by atoms with van der Waals surface area (Å²) in [4.78, 5) is 25.9. The average molecular weight is 462 g/mol. The van der Waals surface area contributed by atoms with E-state index in [2.05, 4.69) is 26.1 Å². The summed E-state index contributed by atoms with van der Waals surface area (Å²) in [5, 5.41) is 12.7. The molecule has 10 heteroatoms. The lowest BCUT2D eigenvalue weighted by Crippen LogP contribution is -2.16. The minimum absolute atomic E-state index is 0.168. The minimum atomic E-state index is -0.430. The summed E-state index contributed by atoms with van der Waals surface area (Å²) in [5.74, 6) is 0.400. The molecule has 0 spiro atoms. The topological polar surface area (TPSA) is 91.0 Å². The summed E-state index contributed by atoms with van der Waals surface area (Å²) in [6.07, 6.45) is 3.37. The van der Waals surface area contributed by atoms with Gasteiger partial charge >= 0.3 is 5.97 Å². The van der Waals surface area contributed by atoms with Gasteiger partial charge in [0, 0.05) is 36.8 Å². The standard InChI is InChI=1S/C21H27N5O3S2/c1-6-15-13(3)31-19(18(15)20(28)29-5)22-17(27)12-30-21-24-23-16(26(21)7-2)11-14-9-8-10-25(14)4/h8-10H,6-7,11-12H2,1-5H3,(H,22,27). The van der Waals surface area contributed by atoms with Gasteiger partial charge in [0.2, 0.25) is 5.91 Å². The zero-order valence-corrected chi connectivity index (χ0v) is 20.0. The maximum absolute atomic E-state index is 12.6. The Bertz CT molecular complexity index is 1080. The number of thioether (sulfide) groups is 1. The van der Waals surface area contributed by atoms with Crippen LogP contribution in [-0.2, 0) is 36.0 Å². The maximum atomic E-state index is 12.6. The van der Waals surface area contributed by atoms with Gasteiger partial charge in [-0.2, -0.15) is 0 Å². The Morgan fingerprint density at radius 1 is 1.29 bits per heavy atom. The van der Waals surface area contributed by atoms with Crippen LogP contribution in [0.2, 0.25) is 0 Å². The monoisotopic (exact) mass is 461 g/mol. The molecule has 3 heterocycles. The number of esters is 1. The van der Waals surface area contributed by atoms with Gasteiger partial charge in [-0.05, 0) is 38.0 Å². The van der Waals surface area contributed by atoms with Crippen LogP contribution < -0.4 is 5.32 Å². The molecule has 0 unspecified atom stereocenters. The number of carbonyl (C=O) groups is 2. The highest BCUT2D eigenvalue weighted by molar-refractivity contribution is 7.99. The molecule has 0 aliphatic heterocycles. The van der Waals surface area contributed by atoms with E-state index in [0.29, 0.717) is 35.1 Å². The van der Waals surface area contributed by atoms with Gasteiger partial charge in [-0.25, -0.2) is 4.79 Å². The first-order valence-electron chi connectivity index (χ1n) is 10.0. The van der Waals surface area contributed by atoms with E-state index >= 15 is 0 Å². The largest absolute Gasteiger partial charge is 0.465 e. The molecule has 166 valence electrons. The van der Waals surface area contributed by atoms with Crippen LogP contribution in [0.5, 0.6) is 0 Å². The molecule has 0 bridgehead atoms. The first-order valence-corrected chi connectivity index (χ1v) is 11.8. The van der Waals surface area contributed by atoms with Crippen LogP contribution in [0.1, 0.15) is 46.2 Å². The lowest BCUT2D eigenvalue weighted by molar-refractivity contribution is -0.113. The molecule has 0 saturated heterocycles. The van der Waals surface area contributed by atoms with E-state index in [1.54, 1.807) is 0 Å². The van der Waals surface area contributed by atoms with Gasteiger partial charge in [-0.3, -0.25) is 4.79 Å². The van der Waals surface area contributed by atoms with Gasteiger partial charge in [0.1, 0.15) is 10.8 Å². The summed E-state index contributed by atoms with van der Waals surface area (Å²) >= 11 is 2.73. The van der Waals surface area contributed by atoms with Crippen molar-refractivity contribution in [3.05, 3.63) is 45.9 Å². The zero-order valence-electron chi connectivity index (χ0n) is 18.4. The molecular weight excluding hydrogens is 434 g/mol. The first kappa shape index (κ1) is 23.1. The fourth-order valence-electron chi connectivity index (χ4n) is 3.42. The Labute approximate surface area is 190 Å². The van der Waals surface area contributed by atoms with E-state index in [4.69, 9.17) is 4.74 Å². The molecule has 0 atom stereocenters. The number of methoxy groups -OCH3 is 1. The number of amides is 1. The summed E-state index contributed by atoms with van der Waals surface area (Å²) < 4.78 is 9.00. The van der Waals surface area contributed by atoms with Crippen molar-refractivity contribution in [1.82, 2.24) is 19.3 Å². The second-order valence-corrected chi connectivity index (χ2v) is 9.12. The Hall–Kier alpha value is -2.59. The van der Waals surface area contributed by atoms with Crippen LogP contribution in [-0.4, -0.2) is 44.1 Å². The molecule has 1 N–H and O–H groups in total. The van der Waals surface area contributed by atoms with Crippen LogP contribution in [0.4, 0.5) is 5.00 Å². The molecule has 0 aliphatic rings. The number of anilines is 1. The highest BCUT2D eigenvalue weighted by Gasteiger charge is 2.23. The molecule has 0 aliphatic carbocycles. The van der Waals surface area contributed by atoms with Crippen molar-refractivity contribution in [3.8, 4) is 0 Å². The Kier molecular flexibility index (Phi) is 7.55. The first-order chi connectivity index (χ1) is 14.9. The smallest absolute Gasteiger partial charge is 0.341 e. The van der Waals surface area contributed by atoms with Crippen molar-refractivity contribution >= 4 is 40.0 Å². The summed E-state index contributed by atoms with van der Waals surface area (Å²) in [5.41, 5.74) is 2.51. The van der Waals surface area contributed by atoms with E-state index in [9.17, 15) is 9.59 Å². The number of aryl methyl sites for hydroxylation is 2. The highest BCUT2D eigenvalue weighted by Crippen LogP contribution is 2.34. The number of nitrogens with zero attached hydrogens (tertiary/aromatic N) is 4. The molecule has 0 radical (unpaired) electrons. The second-order valence-electron chi connectivity index (χ2n) is 6.95. The Morgan fingerprint density at radius 3 is 2.68 bits per heavy atom. The number of ether oxygens (including phenoxy) is 1. The van der Waals surface area contributed by atoms with E-state index in [0.717, 1.165) is 22.0 Å². The van der Waals surface area contributed by atoms with Crippen LogP contribution in [0.25, 0.3) is 0 Å². The number of nitrogens with one attached hydrogen (secondary N) is 1. The van der Waals surface area contributed by atoms with Gasteiger partial charge in [-0.15, -0.1) is 21.5 Å². The summed E-state index contributed by atoms with van der Waals surface area (Å²) in [7, 11) is 3.35. The van der Waals surface area contributed by atoms with Crippen molar-refractivity contribution in [2.75, 3.05) is 18.2 Å². The number of hydrogen-bond acceptors (Lipinski definition) is 7. The third-order valence-electron chi connectivity index (χ3n) is 5.04. The van der Waals surface area contributed by atoms with Crippen molar-refractivity contribution < 1.29 is 14.3 Å². The van der Waals surface area contributed by atoms with Crippen molar-refractivity contribution in [3.63, 3.8) is 0 Å². The van der Waals surface area contributed by atoms with Gasteiger partial charge in [-0.1, -0.05) is 18.7 Å². The number of aromatic nitrogens is 4. The molecule has 1 amide bonds. The molecule has 3 aromatic heterocycles. The molecule has 0 fully saturated rings. The van der Waals surface area contributed by atoms with Gasteiger partial charge in [0.25, 0.3) is 0 Å². The number of carbonyl (C=O) groups excluding carboxylic acids is 2. The summed E-state index contributed by atoms with van der Waals surface area (Å²) in [6, 6.07) is 4.06. The third kappa shape index (κ3) is 5.01. The van der Waals surface area contributed by atoms with Gasteiger partial charge < -0.3 is 19.2 Å². The minimum Gasteiger partial charge on any atom is -0.465 e. The summed E-state index contributed by atoms with van der Waals surface area (Å²) in [6.45, 7) is 6.67. The van der Waals surface area contributed by atoms with E-state index in [-0.39, 0.29) is 11.7 Å². The van der Waals surface area contributed by atoms with E-state index in [1.165, 1.54) is 30.2 Å². The fraction of sp³-hybridized carbons (Fsp3) is 0.429. The normalized spacial score (nSPS) is 11.0. The van der Waals surface area contributed by atoms with Crippen LogP contribution in [0.3, 0.4) is 0 Å². The van der Waals surface area contributed by atoms with Crippen molar-refractivity contribution in [1.29, 1.82) is 0 Å². The molecule has 0 aromatic carbocycles. The molecule has 8 nitrogen and oxygen atoms in total. The number of thiophene rings is 1. The zero-order chi connectivity index (χ0) is 22.5. The quantitative estimate of drug-likeness (QED) is 0.386. The van der Waals surface area contributed by atoms with Crippen molar-refractivity contribution in [2.45, 2.75) is 45.3 Å². The highest BCUT2D eigenvalue weighted by atomic mass is 32.2. The van der Waals surface area contributed by atoms with Crippen LogP contribution in [0.15, 0.2) is 23.5 Å². The predicted octanol–water partition coefficient (Wildman–Crippen LogP) is 3.68. The van der Waals surface area contributed by atoms with E-state index < -0.39 is 5.97 Å². The van der Waals surface area contributed by atoms with Crippen LogP contribution >= 0.6 is 23.1 Å². The fourth-order valence-corrected chi connectivity index (χ4v) is 5.39. The van der Waals surface area contributed by atoms with E-state index in [1.807, 2.05) is 44.6 Å². The second kappa shape index (κ2) is 10.1. The lowest BCUT2D eigenvalue weighted by atomic mass is 10.1. The van der Waals surface area contributed by atoms with Crippen LogP contribution in [0, 0.1) is 6.92 Å². The Balaban J connectivity index is 1.69. The average Bonchev–Trinajstić information content (AvgIpc) is 3.43. The molecular formula is C21H27N5O3S2. The Morgan fingerprint density at radius 2 is 2.06 bits per heavy atom. The molecule has 0 saturated carbocycles.